The number of anilines is 1. The quantitative estimate of drug-likeness (QED) is 0.267. The Morgan fingerprint density at radius 3 is 2.58 bits per heavy atom. The lowest BCUT2D eigenvalue weighted by Crippen LogP contribution is -2.29. The number of benzene rings is 1. The molecule has 1 unspecified atom stereocenters. The first-order chi connectivity index (χ1) is 14.9. The first-order valence-electron chi connectivity index (χ1n) is 9.48. The van der Waals surface area contributed by atoms with E-state index in [1.807, 2.05) is 5.38 Å². The summed E-state index contributed by atoms with van der Waals surface area (Å²) >= 11 is 2.35. The molecule has 1 aromatic carbocycles. The Labute approximate surface area is 186 Å². The van der Waals surface area contributed by atoms with E-state index in [0.717, 1.165) is 11.3 Å². The molecule has 1 aliphatic heterocycles. The van der Waals surface area contributed by atoms with Crippen LogP contribution in [0.5, 0.6) is 0 Å². The Bertz CT molecular complexity index is 1180. The van der Waals surface area contributed by atoms with Crippen LogP contribution < -0.4 is 4.90 Å². The van der Waals surface area contributed by atoms with Crippen LogP contribution in [0.4, 0.5) is 5.13 Å². The SMILES string of the molecule is CCOC(=O)c1sc(N2C(=O)C(=O)C(=C(O)c3ccccc3)C2c2cccs2)nc1C. The van der Waals surface area contributed by atoms with Crippen LogP contribution in [-0.2, 0) is 14.3 Å². The first kappa shape index (κ1) is 21.0. The maximum absolute atomic E-state index is 13.1. The highest BCUT2D eigenvalue weighted by atomic mass is 32.1. The average molecular weight is 455 g/mol. The molecule has 0 radical (unpaired) electrons. The van der Waals surface area contributed by atoms with E-state index in [-0.39, 0.29) is 27.9 Å². The molecular formula is C22H18N2O5S2. The molecule has 158 valence electrons. The van der Waals surface area contributed by atoms with Crippen molar-refractivity contribution in [3.05, 3.63) is 74.4 Å². The number of aliphatic hydroxyl groups excluding tert-OH is 1. The van der Waals surface area contributed by atoms with Crippen molar-refractivity contribution < 1.29 is 24.2 Å². The number of carbonyl (C=O) groups is 3. The molecule has 0 bridgehead atoms. The molecule has 1 saturated heterocycles. The number of ether oxygens (including phenoxy) is 1. The molecule has 1 amide bonds. The predicted molar refractivity (Wildman–Crippen MR) is 118 cm³/mol. The van der Waals surface area contributed by atoms with Gasteiger partial charge in [0.05, 0.1) is 17.9 Å². The molecule has 1 fully saturated rings. The third-order valence-corrected chi connectivity index (χ3v) is 6.82. The molecule has 0 saturated carbocycles. The van der Waals surface area contributed by atoms with Crippen LogP contribution >= 0.6 is 22.7 Å². The summed E-state index contributed by atoms with van der Waals surface area (Å²) in [7, 11) is 0. The number of carbonyl (C=O) groups excluding carboxylic acids is 3. The van der Waals surface area contributed by atoms with Crippen LogP contribution in [0.3, 0.4) is 0 Å². The number of Topliss-reactive ketones (excluding diaryl/α,β-unsaturated/α-hetero) is 1. The summed E-state index contributed by atoms with van der Waals surface area (Å²) in [4.78, 5) is 44.9. The second kappa shape index (κ2) is 8.44. The molecular weight excluding hydrogens is 436 g/mol. The van der Waals surface area contributed by atoms with Crippen LogP contribution in [0.25, 0.3) is 5.76 Å². The number of rotatable bonds is 5. The number of aromatic nitrogens is 1. The number of hydrogen-bond donors (Lipinski definition) is 1. The lowest BCUT2D eigenvalue weighted by Gasteiger charge is -2.21. The summed E-state index contributed by atoms with van der Waals surface area (Å²) in [5.74, 6) is -2.39. The van der Waals surface area contributed by atoms with Gasteiger partial charge in [0, 0.05) is 10.4 Å². The Morgan fingerprint density at radius 1 is 1.19 bits per heavy atom. The molecule has 0 aliphatic carbocycles. The van der Waals surface area contributed by atoms with E-state index in [4.69, 9.17) is 4.74 Å². The molecule has 0 spiro atoms. The van der Waals surface area contributed by atoms with E-state index in [0.29, 0.717) is 16.1 Å². The van der Waals surface area contributed by atoms with E-state index in [9.17, 15) is 19.5 Å². The molecule has 31 heavy (non-hydrogen) atoms. The van der Waals surface area contributed by atoms with Gasteiger partial charge in [-0.3, -0.25) is 14.5 Å². The Balaban J connectivity index is 1.87. The minimum absolute atomic E-state index is 0.0100. The fourth-order valence-corrected chi connectivity index (χ4v) is 5.18. The highest BCUT2D eigenvalue weighted by Crippen LogP contribution is 2.45. The van der Waals surface area contributed by atoms with Gasteiger partial charge in [0.15, 0.2) is 5.13 Å². The van der Waals surface area contributed by atoms with Gasteiger partial charge in [-0.1, -0.05) is 47.7 Å². The third-order valence-electron chi connectivity index (χ3n) is 4.76. The van der Waals surface area contributed by atoms with Crippen molar-refractivity contribution in [3.63, 3.8) is 0 Å². The minimum Gasteiger partial charge on any atom is -0.507 e. The topological polar surface area (TPSA) is 96.8 Å². The van der Waals surface area contributed by atoms with Crippen LogP contribution in [0.2, 0.25) is 0 Å². The van der Waals surface area contributed by atoms with Gasteiger partial charge in [0.2, 0.25) is 0 Å². The third kappa shape index (κ3) is 3.66. The Hall–Kier alpha value is -3.30. The van der Waals surface area contributed by atoms with Crippen molar-refractivity contribution in [2.24, 2.45) is 0 Å². The zero-order valence-electron chi connectivity index (χ0n) is 16.7. The maximum atomic E-state index is 13.1. The second-order valence-corrected chi connectivity index (χ2v) is 8.64. The maximum Gasteiger partial charge on any atom is 0.350 e. The first-order valence-corrected chi connectivity index (χ1v) is 11.2. The summed E-state index contributed by atoms with van der Waals surface area (Å²) in [5.41, 5.74) is 0.835. The number of hydrogen-bond acceptors (Lipinski definition) is 8. The number of aliphatic hydroxyl groups is 1. The van der Waals surface area contributed by atoms with Gasteiger partial charge in [0.25, 0.3) is 5.78 Å². The average Bonchev–Trinajstić information content (AvgIpc) is 3.48. The van der Waals surface area contributed by atoms with Crippen molar-refractivity contribution in [1.82, 2.24) is 4.98 Å². The normalized spacial score (nSPS) is 17.9. The number of aryl methyl sites for hydroxylation is 1. The predicted octanol–water partition coefficient (Wildman–Crippen LogP) is 4.32. The van der Waals surface area contributed by atoms with E-state index in [2.05, 4.69) is 4.98 Å². The van der Waals surface area contributed by atoms with Crippen molar-refractivity contribution in [1.29, 1.82) is 0 Å². The smallest absolute Gasteiger partial charge is 0.350 e. The minimum atomic E-state index is -0.846. The number of amides is 1. The van der Waals surface area contributed by atoms with Gasteiger partial charge in [-0.15, -0.1) is 11.3 Å². The number of thiophene rings is 1. The van der Waals surface area contributed by atoms with Crippen LogP contribution in [0, 0.1) is 6.92 Å². The molecule has 9 heteroatoms. The van der Waals surface area contributed by atoms with Gasteiger partial charge in [-0.05, 0) is 25.3 Å². The fraction of sp³-hybridized carbons (Fsp3) is 0.182. The van der Waals surface area contributed by atoms with Gasteiger partial charge >= 0.3 is 11.9 Å². The van der Waals surface area contributed by atoms with Crippen molar-refractivity contribution >= 4 is 51.2 Å². The highest BCUT2D eigenvalue weighted by Gasteiger charge is 2.48. The number of esters is 1. The van der Waals surface area contributed by atoms with E-state index >= 15 is 0 Å². The summed E-state index contributed by atoms with van der Waals surface area (Å²) in [6, 6.07) is 11.4. The number of thiazole rings is 1. The van der Waals surface area contributed by atoms with Crippen LogP contribution in [0.1, 0.15) is 38.8 Å². The van der Waals surface area contributed by atoms with Gasteiger partial charge in [-0.2, -0.15) is 0 Å². The molecule has 3 heterocycles. The lowest BCUT2D eigenvalue weighted by molar-refractivity contribution is -0.132. The van der Waals surface area contributed by atoms with Crippen molar-refractivity contribution in [3.8, 4) is 0 Å². The van der Waals surface area contributed by atoms with Gasteiger partial charge < -0.3 is 9.84 Å². The van der Waals surface area contributed by atoms with Crippen molar-refractivity contribution in [2.75, 3.05) is 11.5 Å². The Kier molecular flexibility index (Phi) is 5.71. The highest BCUT2D eigenvalue weighted by molar-refractivity contribution is 7.18. The summed E-state index contributed by atoms with van der Waals surface area (Å²) < 4.78 is 5.06. The molecule has 4 rings (SSSR count). The lowest BCUT2D eigenvalue weighted by atomic mass is 10.00. The second-order valence-electron chi connectivity index (χ2n) is 6.68. The molecule has 3 aromatic rings. The number of nitrogens with zero attached hydrogens (tertiary/aromatic N) is 2. The summed E-state index contributed by atoms with van der Waals surface area (Å²) in [5, 5.41) is 13.0. The number of ketones is 1. The fourth-order valence-electron chi connectivity index (χ4n) is 3.37. The molecule has 1 N–H and O–H groups in total. The van der Waals surface area contributed by atoms with Gasteiger partial charge in [0.1, 0.15) is 16.7 Å². The standard InChI is InChI=1S/C22H18N2O5S2/c1-3-29-21(28)19-12(2)23-22(31-19)24-16(14-10-7-11-30-14)15(18(26)20(24)27)17(25)13-8-5-4-6-9-13/h4-11,16,25H,3H2,1-2H3. The molecule has 7 nitrogen and oxygen atoms in total. The zero-order chi connectivity index (χ0) is 22.1. The molecule has 1 atom stereocenters. The van der Waals surface area contributed by atoms with Crippen LogP contribution in [-0.4, -0.2) is 34.4 Å². The van der Waals surface area contributed by atoms with Gasteiger partial charge in [-0.25, -0.2) is 9.78 Å². The molecule has 1 aliphatic rings. The summed E-state index contributed by atoms with van der Waals surface area (Å²) in [6.07, 6.45) is 0. The Morgan fingerprint density at radius 2 is 1.94 bits per heavy atom. The van der Waals surface area contributed by atoms with Crippen molar-refractivity contribution in [2.45, 2.75) is 19.9 Å². The van der Waals surface area contributed by atoms with E-state index in [1.165, 1.54) is 16.2 Å². The van der Waals surface area contributed by atoms with E-state index < -0.39 is 23.7 Å². The molecule has 2 aromatic heterocycles. The van der Waals surface area contributed by atoms with E-state index in [1.54, 1.807) is 56.3 Å². The monoisotopic (exact) mass is 454 g/mol. The van der Waals surface area contributed by atoms with Crippen LogP contribution in [0.15, 0.2) is 53.4 Å². The zero-order valence-corrected chi connectivity index (χ0v) is 18.3. The largest absolute Gasteiger partial charge is 0.507 e. The summed E-state index contributed by atoms with van der Waals surface area (Å²) in [6.45, 7) is 3.56.